The average Bonchev–Trinajstić information content (AvgIpc) is 3.24. The maximum Gasteiger partial charge on any atom is 0.257 e. The van der Waals surface area contributed by atoms with Gasteiger partial charge in [0.2, 0.25) is 0 Å². The maximum absolute atomic E-state index is 13.6. The van der Waals surface area contributed by atoms with E-state index in [0.717, 1.165) is 54.6 Å². The summed E-state index contributed by atoms with van der Waals surface area (Å²) in [6, 6.07) is 17.4. The van der Waals surface area contributed by atoms with Gasteiger partial charge < -0.3 is 19.4 Å². The Bertz CT molecular complexity index is 1290. The third-order valence-corrected chi connectivity index (χ3v) is 6.62. The van der Waals surface area contributed by atoms with Crippen LogP contribution in [0.25, 0.3) is 11.0 Å². The number of carbonyl (C=O) groups excluding carboxylic acids is 1. The molecule has 1 aliphatic heterocycles. The van der Waals surface area contributed by atoms with Crippen LogP contribution in [0, 0.1) is 5.92 Å². The molecule has 1 aliphatic rings. The van der Waals surface area contributed by atoms with Crippen molar-refractivity contribution in [1.29, 1.82) is 0 Å². The first-order chi connectivity index (χ1) is 17.2. The molecule has 1 atom stereocenters. The zero-order chi connectivity index (χ0) is 24.0. The summed E-state index contributed by atoms with van der Waals surface area (Å²) in [5.41, 5.74) is 3.35. The van der Waals surface area contributed by atoms with E-state index in [1.165, 1.54) is 0 Å². The molecule has 3 aromatic heterocycles. The van der Waals surface area contributed by atoms with E-state index in [1.807, 2.05) is 53.6 Å². The summed E-state index contributed by atoms with van der Waals surface area (Å²) in [5, 5.41) is 1.13. The molecule has 1 fully saturated rings. The Morgan fingerprint density at radius 3 is 2.86 bits per heavy atom. The molecule has 0 radical (unpaired) electrons. The number of amides is 1. The lowest BCUT2D eigenvalue weighted by Gasteiger charge is -2.23. The molecule has 1 N–H and O–H groups in total. The topological polar surface area (TPSA) is 80.3 Å². The highest BCUT2D eigenvalue weighted by Crippen LogP contribution is 2.33. The van der Waals surface area contributed by atoms with Crippen LogP contribution < -0.4 is 9.47 Å². The quantitative estimate of drug-likeness (QED) is 0.410. The molecule has 0 aliphatic carbocycles. The lowest BCUT2D eigenvalue weighted by Crippen LogP contribution is -2.32. The Balaban J connectivity index is 1.27. The maximum atomic E-state index is 13.6. The number of rotatable bonds is 7. The van der Waals surface area contributed by atoms with Crippen molar-refractivity contribution in [3.63, 3.8) is 0 Å². The molecule has 0 saturated carbocycles. The van der Waals surface area contributed by atoms with Crippen LogP contribution in [0.15, 0.2) is 67.0 Å². The van der Waals surface area contributed by atoms with Crippen molar-refractivity contribution < 1.29 is 14.3 Å². The number of aromatic nitrogens is 3. The predicted molar refractivity (Wildman–Crippen MR) is 135 cm³/mol. The molecule has 7 heteroatoms. The molecule has 180 valence electrons. The number of fused-ring (bicyclic) bond motifs is 1. The number of nitrogens with zero attached hydrogens (tertiary/aromatic N) is 3. The van der Waals surface area contributed by atoms with Crippen molar-refractivity contribution in [2.24, 2.45) is 5.92 Å². The summed E-state index contributed by atoms with van der Waals surface area (Å²) in [6.45, 7) is 1.71. The van der Waals surface area contributed by atoms with Gasteiger partial charge in [-0.25, -0.2) is 4.98 Å². The van der Waals surface area contributed by atoms with Crippen LogP contribution in [0.4, 0.5) is 0 Å². The fourth-order valence-electron chi connectivity index (χ4n) is 4.75. The number of benzene rings is 1. The van der Waals surface area contributed by atoms with E-state index in [9.17, 15) is 4.79 Å². The summed E-state index contributed by atoms with van der Waals surface area (Å²) in [5.74, 6) is 1.49. The van der Waals surface area contributed by atoms with Crippen LogP contribution in [0.2, 0.25) is 0 Å². The fourth-order valence-corrected chi connectivity index (χ4v) is 4.75. The van der Waals surface area contributed by atoms with Gasteiger partial charge in [0.1, 0.15) is 12.3 Å². The lowest BCUT2D eigenvalue weighted by atomic mass is 9.95. The third kappa shape index (κ3) is 5.29. The minimum atomic E-state index is -0.0218. The fraction of sp³-hybridized carbons (Fsp3) is 0.321. The molecule has 1 amide bonds. The Morgan fingerprint density at radius 2 is 2.00 bits per heavy atom. The summed E-state index contributed by atoms with van der Waals surface area (Å²) in [6.07, 6.45) is 7.57. The highest BCUT2D eigenvalue weighted by Gasteiger charge is 2.26. The van der Waals surface area contributed by atoms with E-state index in [0.29, 0.717) is 29.5 Å². The predicted octanol–water partition coefficient (Wildman–Crippen LogP) is 5.03. The van der Waals surface area contributed by atoms with Gasteiger partial charge in [-0.3, -0.25) is 9.78 Å². The zero-order valence-corrected chi connectivity index (χ0v) is 19.9. The Morgan fingerprint density at radius 1 is 1.06 bits per heavy atom. The highest BCUT2D eigenvalue weighted by atomic mass is 16.5. The zero-order valence-electron chi connectivity index (χ0n) is 19.9. The number of methoxy groups -OCH3 is 1. The number of nitrogens with one attached hydrogen (secondary N) is 1. The standard InChI is InChI=1S/C28H30N4O3/c1-34-25-9-4-8-24(26(25)35-19-23-7-2-3-14-29-23)28(33)32-16-5-6-20(13-17-32)18-22-11-10-21-12-15-30-27(21)31-22/h2-4,7-12,14-15,20H,5-6,13,16-19H2,1H3,(H,30,31). The molecule has 0 bridgehead atoms. The lowest BCUT2D eigenvalue weighted by molar-refractivity contribution is 0.0754. The van der Waals surface area contributed by atoms with Gasteiger partial charge in [-0.15, -0.1) is 0 Å². The highest BCUT2D eigenvalue weighted by molar-refractivity contribution is 5.97. The average molecular weight is 471 g/mol. The van der Waals surface area contributed by atoms with E-state index < -0.39 is 0 Å². The Hall–Kier alpha value is -3.87. The smallest absolute Gasteiger partial charge is 0.257 e. The van der Waals surface area contributed by atoms with Crippen LogP contribution in [-0.2, 0) is 13.0 Å². The monoisotopic (exact) mass is 470 g/mol. The molecule has 4 aromatic rings. The first-order valence-corrected chi connectivity index (χ1v) is 12.1. The number of likely N-dealkylation sites (tertiary alicyclic amines) is 1. The molecule has 0 spiro atoms. The molecule has 35 heavy (non-hydrogen) atoms. The van der Waals surface area contributed by atoms with Gasteiger partial charge in [0.05, 0.1) is 18.4 Å². The largest absolute Gasteiger partial charge is 0.493 e. The van der Waals surface area contributed by atoms with Gasteiger partial charge in [-0.2, -0.15) is 0 Å². The molecule has 5 rings (SSSR count). The normalized spacial score (nSPS) is 16.1. The second kappa shape index (κ2) is 10.6. The van der Waals surface area contributed by atoms with Gasteiger partial charge in [0.15, 0.2) is 11.5 Å². The van der Waals surface area contributed by atoms with Crippen molar-refractivity contribution in [1.82, 2.24) is 19.9 Å². The van der Waals surface area contributed by atoms with Gasteiger partial charge in [0, 0.05) is 36.6 Å². The van der Waals surface area contributed by atoms with Crippen molar-refractivity contribution in [2.45, 2.75) is 32.3 Å². The van der Waals surface area contributed by atoms with Crippen LogP contribution >= 0.6 is 0 Å². The summed E-state index contributed by atoms with van der Waals surface area (Å²) < 4.78 is 11.6. The molecule has 1 unspecified atom stereocenters. The van der Waals surface area contributed by atoms with Crippen LogP contribution in [0.1, 0.15) is 41.0 Å². The molecular formula is C28H30N4O3. The first kappa shape index (κ1) is 22.9. The number of aromatic amines is 1. The van der Waals surface area contributed by atoms with Gasteiger partial charge in [0.25, 0.3) is 5.91 Å². The molecule has 1 aromatic carbocycles. The SMILES string of the molecule is COc1cccc(C(=O)N2CCCC(Cc3ccc4cc[nH]c4n3)CC2)c1OCc1ccccn1. The summed E-state index contributed by atoms with van der Waals surface area (Å²) >= 11 is 0. The van der Waals surface area contributed by atoms with Crippen LogP contribution in [-0.4, -0.2) is 46.0 Å². The minimum Gasteiger partial charge on any atom is -0.493 e. The minimum absolute atomic E-state index is 0.0218. The number of H-pyrrole nitrogens is 1. The van der Waals surface area contributed by atoms with E-state index >= 15 is 0 Å². The number of hydrogen-bond acceptors (Lipinski definition) is 5. The molecule has 1 saturated heterocycles. The summed E-state index contributed by atoms with van der Waals surface area (Å²) in [7, 11) is 1.59. The Labute approximate surface area is 205 Å². The van der Waals surface area contributed by atoms with Gasteiger partial charge >= 0.3 is 0 Å². The van der Waals surface area contributed by atoms with E-state index in [4.69, 9.17) is 14.5 Å². The van der Waals surface area contributed by atoms with Crippen molar-refractivity contribution in [2.75, 3.05) is 20.2 Å². The van der Waals surface area contributed by atoms with Crippen LogP contribution in [0.3, 0.4) is 0 Å². The first-order valence-electron chi connectivity index (χ1n) is 12.1. The van der Waals surface area contributed by atoms with Gasteiger partial charge in [-0.1, -0.05) is 12.1 Å². The number of ether oxygens (including phenoxy) is 2. The number of carbonyl (C=O) groups is 1. The number of para-hydroxylation sites is 1. The van der Waals surface area contributed by atoms with Crippen molar-refractivity contribution >= 4 is 16.9 Å². The van der Waals surface area contributed by atoms with Crippen LogP contribution in [0.5, 0.6) is 11.5 Å². The van der Waals surface area contributed by atoms with E-state index in [1.54, 1.807) is 13.3 Å². The Kier molecular flexibility index (Phi) is 6.93. The van der Waals surface area contributed by atoms with E-state index in [2.05, 4.69) is 22.1 Å². The summed E-state index contributed by atoms with van der Waals surface area (Å²) in [4.78, 5) is 27.8. The van der Waals surface area contributed by atoms with Crippen molar-refractivity contribution in [3.05, 3.63) is 83.9 Å². The molecule has 7 nitrogen and oxygen atoms in total. The second-order valence-electron chi connectivity index (χ2n) is 8.96. The molecular weight excluding hydrogens is 440 g/mol. The third-order valence-electron chi connectivity index (χ3n) is 6.62. The second-order valence-corrected chi connectivity index (χ2v) is 8.96. The number of pyridine rings is 2. The number of hydrogen-bond donors (Lipinski definition) is 1. The van der Waals surface area contributed by atoms with Gasteiger partial charge in [-0.05, 0) is 74.1 Å². The van der Waals surface area contributed by atoms with E-state index in [-0.39, 0.29) is 12.5 Å². The molecule has 4 heterocycles. The van der Waals surface area contributed by atoms with Crippen molar-refractivity contribution in [3.8, 4) is 11.5 Å².